The Morgan fingerprint density at radius 1 is 0.655 bits per heavy atom. The van der Waals surface area contributed by atoms with E-state index >= 15 is 0 Å². The van der Waals surface area contributed by atoms with Gasteiger partial charge in [-0.3, -0.25) is 21.1 Å². The molecule has 5 aromatic carbocycles. The van der Waals surface area contributed by atoms with Crippen LogP contribution in [0.15, 0.2) is 101 Å². The summed E-state index contributed by atoms with van der Waals surface area (Å²) in [6, 6.07) is 25.7. The van der Waals surface area contributed by atoms with Crippen molar-refractivity contribution in [3.63, 3.8) is 0 Å². The summed E-state index contributed by atoms with van der Waals surface area (Å²) in [6.07, 6.45) is -1.04. The number of amidine groups is 2. The van der Waals surface area contributed by atoms with Crippen LogP contribution < -0.4 is 50.1 Å². The van der Waals surface area contributed by atoms with Crippen molar-refractivity contribution >= 4 is 29.0 Å². The largest absolute Gasteiger partial charge is 0.507 e. The van der Waals surface area contributed by atoms with Crippen LogP contribution in [-0.2, 0) is 0 Å². The second kappa shape index (κ2) is 16.9. The highest BCUT2D eigenvalue weighted by Crippen LogP contribution is 2.40. The number of nitrogens with one attached hydrogen (secondary N) is 4. The van der Waals surface area contributed by atoms with Crippen LogP contribution in [0.3, 0.4) is 0 Å². The molecule has 15 nitrogen and oxygen atoms in total. The fraction of sp³-hybridized carbons (Fsp3) is 0.233. The molecule has 5 aromatic rings. The standard InChI is InChI=1S/C43H44N6O9/c1-23(2)28-18-30(32(50)20-36(28)53-5)40(46-48-42(52)25-10-8-7-9-11-25)45-27-13-15-35-39(17-27)58-43(57-35)49-47-41(44-26-12-14-34-38(16-26)56-22-55-34)31-19-29(24(3)4)37(54-6)21-33(31)51/h7-21,23-24,43,49-51H,22H2,1-6H3,(H,44,47)(H,45,46)(H,48,52). The number of hydrogen-bond acceptors (Lipinski definition) is 12. The first-order chi connectivity index (χ1) is 28.0. The average molecular weight is 789 g/mol. The maximum Gasteiger partial charge on any atom is 0.319 e. The molecule has 0 fully saturated rings. The van der Waals surface area contributed by atoms with E-state index in [1.165, 1.54) is 13.2 Å². The zero-order valence-electron chi connectivity index (χ0n) is 32.7. The van der Waals surface area contributed by atoms with Gasteiger partial charge in [0.25, 0.3) is 5.91 Å². The lowest BCUT2D eigenvalue weighted by molar-refractivity contribution is 0.0117. The summed E-state index contributed by atoms with van der Waals surface area (Å²) in [4.78, 5) is 22.6. The fourth-order valence-corrected chi connectivity index (χ4v) is 6.31. The number of aliphatic imine (C=N–C) groups is 2. The summed E-state index contributed by atoms with van der Waals surface area (Å²) < 4.78 is 34.3. The molecule has 1 atom stereocenters. The number of rotatable bonds is 11. The van der Waals surface area contributed by atoms with Crippen LogP contribution >= 0.6 is 0 Å². The van der Waals surface area contributed by atoms with Gasteiger partial charge in [-0.15, -0.1) is 0 Å². The van der Waals surface area contributed by atoms with Crippen molar-refractivity contribution in [2.75, 3.05) is 21.0 Å². The van der Waals surface area contributed by atoms with E-state index in [0.29, 0.717) is 62.6 Å². The van der Waals surface area contributed by atoms with Crippen molar-refractivity contribution < 1.29 is 43.4 Å². The molecule has 1 amide bonds. The quantitative estimate of drug-likeness (QED) is 0.0457. The Bertz CT molecular complexity index is 2380. The van der Waals surface area contributed by atoms with Gasteiger partial charge in [-0.05, 0) is 71.5 Å². The molecule has 6 N–H and O–H groups in total. The summed E-state index contributed by atoms with van der Waals surface area (Å²) in [7, 11) is 3.09. The van der Waals surface area contributed by atoms with E-state index in [4.69, 9.17) is 38.4 Å². The maximum absolute atomic E-state index is 13.0. The number of methoxy groups -OCH3 is 2. The number of ether oxygens (including phenoxy) is 6. The molecule has 0 radical (unpaired) electrons. The van der Waals surface area contributed by atoms with E-state index in [-0.39, 0.29) is 41.8 Å². The number of carbonyl (C=O) groups excluding carboxylic acids is 1. The molecule has 0 bridgehead atoms. The Balaban J connectivity index is 1.16. The van der Waals surface area contributed by atoms with Gasteiger partial charge in [0.1, 0.15) is 23.0 Å². The summed E-state index contributed by atoms with van der Waals surface area (Å²) in [5.41, 5.74) is 15.5. The SMILES string of the molecule is COc1cc(O)c(C(=Nc2ccc3c(c2)OC(NNC(=Nc2ccc4c(c2)OCO4)c2cc(C(C)C)c(OC)cc2O)O3)NNC(=O)c2ccccc2)cc1C(C)C. The van der Waals surface area contributed by atoms with Crippen molar-refractivity contribution in [3.05, 3.63) is 119 Å². The third-order valence-corrected chi connectivity index (χ3v) is 9.32. The van der Waals surface area contributed by atoms with E-state index in [2.05, 4.69) is 21.7 Å². The van der Waals surface area contributed by atoms with Crippen molar-refractivity contribution in [1.29, 1.82) is 0 Å². The van der Waals surface area contributed by atoms with Crippen LogP contribution in [0.1, 0.15) is 72.1 Å². The first-order valence-electron chi connectivity index (χ1n) is 18.5. The van der Waals surface area contributed by atoms with Crippen molar-refractivity contribution in [1.82, 2.24) is 21.7 Å². The molecule has 2 aliphatic rings. The van der Waals surface area contributed by atoms with Crippen LogP contribution in [-0.4, -0.2) is 55.2 Å². The van der Waals surface area contributed by atoms with Gasteiger partial charge in [-0.1, -0.05) is 45.9 Å². The second-order valence-electron chi connectivity index (χ2n) is 13.9. The van der Waals surface area contributed by atoms with Crippen LogP contribution in [0.2, 0.25) is 0 Å². The van der Waals surface area contributed by atoms with Crippen LogP contribution in [0.4, 0.5) is 11.4 Å². The molecule has 0 saturated heterocycles. The molecule has 0 aromatic heterocycles. The molecule has 58 heavy (non-hydrogen) atoms. The number of phenols is 2. The molecular weight excluding hydrogens is 745 g/mol. The van der Waals surface area contributed by atoms with E-state index in [9.17, 15) is 15.0 Å². The summed E-state index contributed by atoms with van der Waals surface area (Å²) in [5.74, 6) is 2.95. The molecule has 0 aliphatic carbocycles. The van der Waals surface area contributed by atoms with Gasteiger partial charge < -0.3 is 38.6 Å². The van der Waals surface area contributed by atoms with Crippen LogP contribution in [0.5, 0.6) is 46.0 Å². The number of benzene rings is 5. The number of amides is 1. The van der Waals surface area contributed by atoms with Gasteiger partial charge in [0, 0.05) is 29.8 Å². The van der Waals surface area contributed by atoms with Crippen molar-refractivity contribution in [2.45, 2.75) is 45.9 Å². The third-order valence-electron chi connectivity index (χ3n) is 9.32. The summed E-state index contributed by atoms with van der Waals surface area (Å²) >= 11 is 0. The van der Waals surface area contributed by atoms with Gasteiger partial charge in [-0.25, -0.2) is 9.98 Å². The van der Waals surface area contributed by atoms with E-state index in [1.54, 1.807) is 79.9 Å². The smallest absolute Gasteiger partial charge is 0.319 e. The lowest BCUT2D eigenvalue weighted by atomic mass is 9.98. The molecular formula is C43H44N6O9. The molecule has 2 aliphatic heterocycles. The van der Waals surface area contributed by atoms with E-state index < -0.39 is 12.3 Å². The minimum Gasteiger partial charge on any atom is -0.507 e. The Morgan fingerprint density at radius 3 is 1.78 bits per heavy atom. The number of hydrogen-bond donors (Lipinski definition) is 6. The lowest BCUT2D eigenvalue weighted by Crippen LogP contribution is -2.48. The lowest BCUT2D eigenvalue weighted by Gasteiger charge is -2.19. The Labute approximate surface area is 335 Å². The molecule has 1 unspecified atom stereocenters. The fourth-order valence-electron chi connectivity index (χ4n) is 6.31. The number of nitrogens with zero attached hydrogens (tertiary/aromatic N) is 2. The minimum atomic E-state index is -1.04. The molecule has 2 heterocycles. The normalized spacial score (nSPS) is 14.4. The number of hydrazine groups is 2. The van der Waals surface area contributed by atoms with E-state index in [0.717, 1.165) is 11.1 Å². The number of fused-ring (bicyclic) bond motifs is 2. The zero-order valence-corrected chi connectivity index (χ0v) is 32.7. The van der Waals surface area contributed by atoms with Crippen LogP contribution in [0.25, 0.3) is 0 Å². The van der Waals surface area contributed by atoms with Gasteiger partial charge in [0.15, 0.2) is 34.7 Å². The number of carbonyl (C=O) groups is 1. The van der Waals surface area contributed by atoms with Gasteiger partial charge in [-0.2, -0.15) is 5.43 Å². The number of phenolic OH excluding ortho intramolecular Hbond substituents is 2. The third kappa shape index (κ3) is 8.49. The topological polar surface area (TPSA) is 186 Å². The molecule has 0 saturated carbocycles. The van der Waals surface area contributed by atoms with Crippen LogP contribution in [0, 0.1) is 0 Å². The predicted octanol–water partition coefficient (Wildman–Crippen LogP) is 7.03. The molecule has 7 rings (SSSR count). The summed E-state index contributed by atoms with van der Waals surface area (Å²) in [5, 5.41) is 22.3. The maximum atomic E-state index is 13.0. The van der Waals surface area contributed by atoms with Crippen molar-refractivity contribution in [3.8, 4) is 46.0 Å². The highest BCUT2D eigenvalue weighted by Gasteiger charge is 2.27. The van der Waals surface area contributed by atoms with Gasteiger partial charge >= 0.3 is 6.41 Å². The minimum absolute atomic E-state index is 0.0477. The summed E-state index contributed by atoms with van der Waals surface area (Å²) in [6.45, 7) is 8.17. The Hall–Kier alpha value is -7.13. The number of aromatic hydroxyl groups is 2. The van der Waals surface area contributed by atoms with Gasteiger partial charge in [0.05, 0.1) is 36.7 Å². The monoisotopic (exact) mass is 788 g/mol. The Morgan fingerprint density at radius 2 is 1.19 bits per heavy atom. The van der Waals surface area contributed by atoms with E-state index in [1.807, 2.05) is 39.8 Å². The molecule has 15 heteroatoms. The average Bonchev–Trinajstić information content (AvgIpc) is 3.87. The van der Waals surface area contributed by atoms with Crippen molar-refractivity contribution in [2.24, 2.45) is 9.98 Å². The first kappa shape index (κ1) is 39.1. The second-order valence-corrected chi connectivity index (χ2v) is 13.9. The zero-order chi connectivity index (χ0) is 40.9. The molecule has 300 valence electrons. The Kier molecular flexibility index (Phi) is 11.4. The molecule has 0 spiro atoms. The highest BCUT2D eigenvalue weighted by atomic mass is 16.7. The van der Waals surface area contributed by atoms with Gasteiger partial charge in [0.2, 0.25) is 6.79 Å². The predicted molar refractivity (Wildman–Crippen MR) is 217 cm³/mol. The first-order valence-corrected chi connectivity index (χ1v) is 18.5. The highest BCUT2D eigenvalue weighted by molar-refractivity contribution is 6.05.